The molecule has 134 valence electrons. The Balaban J connectivity index is 1.75. The molecule has 1 aromatic carbocycles. The van der Waals surface area contributed by atoms with Gasteiger partial charge in [0.2, 0.25) is 5.91 Å². The molecule has 2 heterocycles. The minimum atomic E-state index is -0.521. The van der Waals surface area contributed by atoms with E-state index in [9.17, 15) is 14.4 Å². The zero-order valence-electron chi connectivity index (χ0n) is 14.2. The highest BCUT2D eigenvalue weighted by atomic mass is 32.2. The van der Waals surface area contributed by atoms with E-state index >= 15 is 0 Å². The van der Waals surface area contributed by atoms with Crippen LogP contribution in [0.1, 0.15) is 12.8 Å². The lowest BCUT2D eigenvalue weighted by molar-refractivity contribution is -0.123. The van der Waals surface area contributed by atoms with Crippen molar-refractivity contribution in [2.75, 3.05) is 30.6 Å². The van der Waals surface area contributed by atoms with Crippen molar-refractivity contribution in [1.82, 2.24) is 10.2 Å². The second kappa shape index (κ2) is 7.35. The van der Waals surface area contributed by atoms with Gasteiger partial charge < -0.3 is 15.0 Å². The molecule has 2 atom stereocenters. The van der Waals surface area contributed by atoms with Crippen LogP contribution in [-0.2, 0) is 9.59 Å². The number of rotatable bonds is 5. The van der Waals surface area contributed by atoms with Gasteiger partial charge in [-0.15, -0.1) is 0 Å². The third-order valence-corrected chi connectivity index (χ3v) is 5.05. The number of amides is 4. The van der Waals surface area contributed by atoms with E-state index in [4.69, 9.17) is 4.74 Å². The number of urea groups is 1. The maximum absolute atomic E-state index is 12.8. The van der Waals surface area contributed by atoms with Gasteiger partial charge in [0.15, 0.2) is 0 Å². The minimum Gasteiger partial charge on any atom is -0.497 e. The predicted octanol–water partition coefficient (Wildman–Crippen LogP) is 1.47. The molecule has 0 spiro atoms. The van der Waals surface area contributed by atoms with Crippen molar-refractivity contribution in [3.05, 3.63) is 24.3 Å². The first-order valence-electron chi connectivity index (χ1n) is 8.12. The number of hydrogen-bond acceptors (Lipinski definition) is 5. The van der Waals surface area contributed by atoms with Gasteiger partial charge in [-0.3, -0.25) is 9.59 Å². The van der Waals surface area contributed by atoms with Crippen LogP contribution in [-0.4, -0.2) is 60.5 Å². The van der Waals surface area contributed by atoms with Crippen molar-refractivity contribution in [2.45, 2.75) is 24.9 Å². The summed E-state index contributed by atoms with van der Waals surface area (Å²) in [5.41, 5.74) is 0.506. The van der Waals surface area contributed by atoms with E-state index in [2.05, 4.69) is 5.32 Å². The summed E-state index contributed by atoms with van der Waals surface area (Å²) in [5.74, 6) is 0.702. The van der Waals surface area contributed by atoms with Crippen LogP contribution in [0.3, 0.4) is 0 Å². The highest BCUT2D eigenvalue weighted by Gasteiger charge is 2.48. The maximum Gasteiger partial charge on any atom is 0.332 e. The Hall–Kier alpha value is -2.22. The third kappa shape index (κ3) is 3.44. The van der Waals surface area contributed by atoms with Crippen molar-refractivity contribution < 1.29 is 19.1 Å². The van der Waals surface area contributed by atoms with Crippen molar-refractivity contribution in [1.29, 1.82) is 0 Å². The summed E-state index contributed by atoms with van der Waals surface area (Å²) < 4.78 is 5.18. The zero-order valence-corrected chi connectivity index (χ0v) is 15.0. The van der Waals surface area contributed by atoms with Gasteiger partial charge in [0, 0.05) is 18.7 Å². The molecule has 0 aromatic heterocycles. The van der Waals surface area contributed by atoms with E-state index in [-0.39, 0.29) is 23.9 Å². The summed E-state index contributed by atoms with van der Waals surface area (Å²) in [6, 6.07) is 5.99. The number of imide groups is 1. The second-order valence-electron chi connectivity index (χ2n) is 6.09. The molecule has 7 nitrogen and oxygen atoms in total. The topological polar surface area (TPSA) is 79.0 Å². The number of piperidine rings is 1. The zero-order chi connectivity index (χ0) is 18.0. The number of ether oxygens (including phenoxy) is 1. The number of nitrogens with zero attached hydrogens (tertiary/aromatic N) is 2. The Bertz CT molecular complexity index is 696. The smallest absolute Gasteiger partial charge is 0.332 e. The molecule has 1 aromatic rings. The normalized spacial score (nSPS) is 22.8. The van der Waals surface area contributed by atoms with Crippen LogP contribution in [0.15, 0.2) is 24.3 Å². The van der Waals surface area contributed by atoms with Crippen LogP contribution in [0.2, 0.25) is 0 Å². The van der Waals surface area contributed by atoms with Gasteiger partial charge in [-0.25, -0.2) is 9.69 Å². The summed E-state index contributed by atoms with van der Waals surface area (Å²) in [6.45, 7) is 0.458. The first-order chi connectivity index (χ1) is 12.0. The van der Waals surface area contributed by atoms with Crippen LogP contribution in [0, 0.1) is 0 Å². The van der Waals surface area contributed by atoms with Gasteiger partial charge in [-0.2, -0.15) is 11.8 Å². The molecule has 8 heteroatoms. The SMILES string of the molecule is COc1cccc(N2C(=O)[C@@H]3C[C@@H](NC(=O)CSC)CCN3C2=O)c1. The summed E-state index contributed by atoms with van der Waals surface area (Å²) in [7, 11) is 1.54. The Morgan fingerprint density at radius 3 is 2.92 bits per heavy atom. The molecular formula is C17H21N3O4S. The fraction of sp³-hybridized carbons (Fsp3) is 0.471. The van der Waals surface area contributed by atoms with E-state index < -0.39 is 6.04 Å². The van der Waals surface area contributed by atoms with E-state index in [0.717, 1.165) is 0 Å². The van der Waals surface area contributed by atoms with Gasteiger partial charge in [0.25, 0.3) is 5.91 Å². The van der Waals surface area contributed by atoms with Crippen molar-refractivity contribution >= 4 is 35.3 Å². The molecule has 0 unspecified atom stereocenters. The maximum atomic E-state index is 12.8. The van der Waals surface area contributed by atoms with Gasteiger partial charge in [0.05, 0.1) is 18.6 Å². The number of methoxy groups -OCH3 is 1. The lowest BCUT2D eigenvalue weighted by Gasteiger charge is -2.32. The van der Waals surface area contributed by atoms with E-state index in [1.165, 1.54) is 23.8 Å². The first-order valence-corrected chi connectivity index (χ1v) is 9.51. The predicted molar refractivity (Wildman–Crippen MR) is 95.9 cm³/mol. The summed E-state index contributed by atoms with van der Waals surface area (Å²) in [4.78, 5) is 40.1. The lowest BCUT2D eigenvalue weighted by atomic mass is 9.98. The monoisotopic (exact) mass is 363 g/mol. The number of nitrogens with one attached hydrogen (secondary N) is 1. The highest BCUT2D eigenvalue weighted by Crippen LogP contribution is 2.32. The van der Waals surface area contributed by atoms with Crippen LogP contribution in [0.4, 0.5) is 10.5 Å². The fourth-order valence-electron chi connectivity index (χ4n) is 3.32. The molecule has 25 heavy (non-hydrogen) atoms. The lowest BCUT2D eigenvalue weighted by Crippen LogP contribution is -2.50. The average molecular weight is 363 g/mol. The Labute approximate surface area is 150 Å². The molecule has 2 aliphatic rings. The molecule has 0 aliphatic carbocycles. The largest absolute Gasteiger partial charge is 0.497 e. The molecule has 4 amide bonds. The molecular weight excluding hydrogens is 342 g/mol. The number of hydrogen-bond donors (Lipinski definition) is 1. The standard InChI is InChI=1S/C17H21N3O4S/c1-24-13-5-3-4-12(9-13)20-16(22)14-8-11(18-15(21)10-25-2)6-7-19(14)17(20)23/h3-5,9,11,14H,6-8,10H2,1-2H3,(H,18,21)/t11-,14-/m0/s1. The van der Waals surface area contributed by atoms with Gasteiger partial charge >= 0.3 is 6.03 Å². The molecule has 2 saturated heterocycles. The molecule has 2 aliphatic heterocycles. The van der Waals surface area contributed by atoms with Gasteiger partial charge in [-0.1, -0.05) is 6.07 Å². The minimum absolute atomic E-state index is 0.0348. The molecule has 0 saturated carbocycles. The molecule has 3 rings (SSSR count). The van der Waals surface area contributed by atoms with Gasteiger partial charge in [0.1, 0.15) is 11.8 Å². The average Bonchev–Trinajstić information content (AvgIpc) is 2.86. The Morgan fingerprint density at radius 2 is 2.20 bits per heavy atom. The first kappa shape index (κ1) is 17.6. The third-order valence-electron chi connectivity index (χ3n) is 4.50. The van der Waals surface area contributed by atoms with Crippen LogP contribution in [0.25, 0.3) is 0 Å². The molecule has 2 fully saturated rings. The number of thioether (sulfide) groups is 1. The van der Waals surface area contributed by atoms with Crippen molar-refractivity contribution in [2.24, 2.45) is 0 Å². The van der Waals surface area contributed by atoms with E-state index in [1.807, 2.05) is 6.26 Å². The van der Waals surface area contributed by atoms with E-state index in [0.29, 0.717) is 36.6 Å². The molecule has 1 N–H and O–H groups in total. The van der Waals surface area contributed by atoms with Crippen LogP contribution >= 0.6 is 11.8 Å². The molecule has 0 radical (unpaired) electrons. The highest BCUT2D eigenvalue weighted by molar-refractivity contribution is 7.99. The summed E-state index contributed by atoms with van der Waals surface area (Å²) in [6.07, 6.45) is 2.97. The summed E-state index contributed by atoms with van der Waals surface area (Å²) >= 11 is 1.46. The quantitative estimate of drug-likeness (QED) is 0.802. The number of carbonyl (C=O) groups excluding carboxylic acids is 3. The van der Waals surface area contributed by atoms with Crippen LogP contribution < -0.4 is 15.0 Å². The van der Waals surface area contributed by atoms with Crippen LogP contribution in [0.5, 0.6) is 5.75 Å². The van der Waals surface area contributed by atoms with Crippen molar-refractivity contribution in [3.63, 3.8) is 0 Å². The Morgan fingerprint density at radius 1 is 1.40 bits per heavy atom. The second-order valence-corrected chi connectivity index (χ2v) is 6.95. The van der Waals surface area contributed by atoms with Gasteiger partial charge in [-0.05, 0) is 31.2 Å². The number of carbonyl (C=O) groups is 3. The molecule has 0 bridgehead atoms. The Kier molecular flexibility index (Phi) is 5.17. The number of anilines is 1. The number of fused-ring (bicyclic) bond motifs is 1. The number of benzene rings is 1. The van der Waals surface area contributed by atoms with Crippen molar-refractivity contribution in [3.8, 4) is 5.75 Å². The fourth-order valence-corrected chi connectivity index (χ4v) is 3.66. The van der Waals surface area contributed by atoms with E-state index in [1.54, 1.807) is 29.2 Å². The summed E-state index contributed by atoms with van der Waals surface area (Å²) in [5, 5.41) is 2.95.